The third-order valence-electron chi connectivity index (χ3n) is 8.03. The molecule has 1 nitrogen and oxygen atoms in total. The van der Waals surface area contributed by atoms with Crippen LogP contribution in [0.1, 0.15) is 115 Å². The lowest BCUT2D eigenvalue weighted by Gasteiger charge is -2.38. The average Bonchev–Trinajstić information content (AvgIpc) is 2.78. The van der Waals surface area contributed by atoms with E-state index in [9.17, 15) is 8.78 Å². The van der Waals surface area contributed by atoms with Crippen molar-refractivity contribution in [2.45, 2.75) is 109 Å². The number of hydrogen-bond donors (Lipinski definition) is 0. The molecule has 0 spiro atoms. The molecule has 0 bridgehead atoms. The van der Waals surface area contributed by atoms with E-state index in [4.69, 9.17) is 4.74 Å². The van der Waals surface area contributed by atoms with Crippen molar-refractivity contribution in [3.63, 3.8) is 0 Å². The highest BCUT2D eigenvalue weighted by Gasteiger charge is 2.32. The van der Waals surface area contributed by atoms with Gasteiger partial charge in [0, 0.05) is 0 Å². The van der Waals surface area contributed by atoms with Gasteiger partial charge in [-0.05, 0) is 73.8 Å². The molecule has 0 N–H and O–H groups in total. The average molecular weight is 421 g/mol. The van der Waals surface area contributed by atoms with E-state index >= 15 is 0 Å². The van der Waals surface area contributed by atoms with Crippen molar-refractivity contribution in [1.29, 1.82) is 0 Å². The number of halogens is 2. The molecule has 0 aliphatic heterocycles. The van der Waals surface area contributed by atoms with Gasteiger partial charge in [0.15, 0.2) is 11.6 Å². The molecule has 0 amide bonds. The van der Waals surface area contributed by atoms with Gasteiger partial charge in [-0.1, -0.05) is 70.8 Å². The molecular formula is C27H42F2O. The van der Waals surface area contributed by atoms with Gasteiger partial charge in [-0.3, -0.25) is 0 Å². The van der Waals surface area contributed by atoms with Crippen molar-refractivity contribution in [3.8, 4) is 5.75 Å². The van der Waals surface area contributed by atoms with Gasteiger partial charge in [-0.2, -0.15) is 4.39 Å². The van der Waals surface area contributed by atoms with Crippen LogP contribution < -0.4 is 4.74 Å². The molecule has 0 heterocycles. The minimum Gasteiger partial charge on any atom is -0.494 e. The summed E-state index contributed by atoms with van der Waals surface area (Å²) in [5.41, 5.74) is 0.550. The Morgan fingerprint density at radius 3 is 2.00 bits per heavy atom. The van der Waals surface area contributed by atoms with E-state index in [1.807, 2.05) is 0 Å². The zero-order valence-electron chi connectivity index (χ0n) is 19.2. The Kier molecular flexibility index (Phi) is 9.46. The van der Waals surface area contributed by atoms with Crippen molar-refractivity contribution in [3.05, 3.63) is 29.3 Å². The molecule has 0 atom stereocenters. The Morgan fingerprint density at radius 1 is 0.767 bits per heavy atom. The molecule has 2 saturated carbocycles. The minimum absolute atomic E-state index is 0.00246. The fourth-order valence-corrected chi connectivity index (χ4v) is 6.08. The Bertz CT molecular complexity index is 628. The monoisotopic (exact) mass is 420 g/mol. The van der Waals surface area contributed by atoms with Gasteiger partial charge >= 0.3 is 0 Å². The van der Waals surface area contributed by atoms with Gasteiger partial charge < -0.3 is 4.74 Å². The lowest BCUT2D eigenvalue weighted by molar-refractivity contribution is 0.155. The maximum absolute atomic E-state index is 14.5. The second-order valence-electron chi connectivity index (χ2n) is 9.93. The predicted octanol–water partition coefficient (Wildman–Crippen LogP) is 8.80. The molecule has 2 aliphatic carbocycles. The first-order valence-corrected chi connectivity index (χ1v) is 12.7. The van der Waals surface area contributed by atoms with Crippen LogP contribution in [0.4, 0.5) is 8.78 Å². The maximum atomic E-state index is 14.5. The second kappa shape index (κ2) is 12.1. The normalized spacial score (nSPS) is 27.2. The quantitative estimate of drug-likeness (QED) is 0.344. The Labute approximate surface area is 183 Å². The lowest BCUT2D eigenvalue weighted by atomic mass is 9.68. The third kappa shape index (κ3) is 6.20. The van der Waals surface area contributed by atoms with Crippen molar-refractivity contribution in [2.75, 3.05) is 7.11 Å². The summed E-state index contributed by atoms with van der Waals surface area (Å²) in [6.45, 7) is 2.28. The Balaban J connectivity index is 1.38. The molecule has 2 aliphatic rings. The van der Waals surface area contributed by atoms with Gasteiger partial charge in [-0.15, -0.1) is 0 Å². The van der Waals surface area contributed by atoms with Gasteiger partial charge in [0.25, 0.3) is 0 Å². The van der Waals surface area contributed by atoms with E-state index in [0.29, 0.717) is 5.56 Å². The zero-order chi connectivity index (χ0) is 21.3. The summed E-state index contributed by atoms with van der Waals surface area (Å²) in [4.78, 5) is 0. The van der Waals surface area contributed by atoms with Crippen LogP contribution in [0.3, 0.4) is 0 Å². The van der Waals surface area contributed by atoms with Crippen LogP contribution in [0.5, 0.6) is 5.75 Å². The lowest BCUT2D eigenvalue weighted by Crippen LogP contribution is -2.25. The smallest absolute Gasteiger partial charge is 0.200 e. The first-order chi connectivity index (χ1) is 14.6. The molecule has 0 unspecified atom stereocenters. The Morgan fingerprint density at radius 2 is 1.37 bits per heavy atom. The predicted molar refractivity (Wildman–Crippen MR) is 121 cm³/mol. The summed E-state index contributed by atoms with van der Waals surface area (Å²) >= 11 is 0. The molecule has 2 fully saturated rings. The summed E-state index contributed by atoms with van der Waals surface area (Å²) in [6, 6.07) is 3.31. The van der Waals surface area contributed by atoms with Crippen LogP contribution in [0.25, 0.3) is 0 Å². The maximum Gasteiger partial charge on any atom is 0.200 e. The number of methoxy groups -OCH3 is 1. The van der Waals surface area contributed by atoms with Crippen LogP contribution in [0.2, 0.25) is 0 Å². The van der Waals surface area contributed by atoms with Crippen LogP contribution in [-0.4, -0.2) is 7.11 Å². The standard InChI is InChI=1S/C27H42F2O/c1-3-4-5-6-7-8-9-20-10-12-21(13-11-20)22-14-16-23(17-15-22)24-18-19-25(30-2)27(29)26(24)28/h18-23H,3-17H2,1-2H3. The van der Waals surface area contributed by atoms with Gasteiger partial charge in [0.1, 0.15) is 0 Å². The first-order valence-electron chi connectivity index (χ1n) is 12.7. The molecule has 3 heteroatoms. The van der Waals surface area contributed by atoms with Crippen LogP contribution >= 0.6 is 0 Å². The van der Waals surface area contributed by atoms with Crippen molar-refractivity contribution in [2.24, 2.45) is 17.8 Å². The van der Waals surface area contributed by atoms with Gasteiger partial charge in [0.2, 0.25) is 5.82 Å². The van der Waals surface area contributed by atoms with Gasteiger partial charge in [0.05, 0.1) is 7.11 Å². The highest BCUT2D eigenvalue weighted by atomic mass is 19.2. The number of hydrogen-bond acceptors (Lipinski definition) is 1. The fraction of sp³-hybridized carbons (Fsp3) is 0.778. The molecule has 1 aromatic carbocycles. The molecule has 0 saturated heterocycles. The third-order valence-corrected chi connectivity index (χ3v) is 8.03. The summed E-state index contributed by atoms with van der Waals surface area (Å²) in [7, 11) is 1.38. The molecule has 170 valence electrons. The number of unbranched alkanes of at least 4 members (excludes halogenated alkanes) is 5. The zero-order valence-corrected chi connectivity index (χ0v) is 19.2. The summed E-state index contributed by atoms with van der Waals surface area (Å²) in [6.07, 6.45) is 19.8. The van der Waals surface area contributed by atoms with Crippen LogP contribution in [0, 0.1) is 29.4 Å². The highest BCUT2D eigenvalue weighted by Crippen LogP contribution is 2.45. The van der Waals surface area contributed by atoms with Crippen molar-refractivity contribution < 1.29 is 13.5 Å². The Hall–Kier alpha value is -1.12. The van der Waals surface area contributed by atoms with E-state index < -0.39 is 11.6 Å². The van der Waals surface area contributed by atoms with E-state index in [1.54, 1.807) is 12.1 Å². The number of benzene rings is 1. The van der Waals surface area contributed by atoms with E-state index in [0.717, 1.165) is 30.6 Å². The summed E-state index contributed by atoms with van der Waals surface area (Å²) in [5.74, 6) is 1.24. The molecule has 0 radical (unpaired) electrons. The molecule has 30 heavy (non-hydrogen) atoms. The molecule has 0 aromatic heterocycles. The van der Waals surface area contributed by atoms with E-state index in [1.165, 1.54) is 90.6 Å². The second-order valence-corrected chi connectivity index (χ2v) is 9.93. The number of ether oxygens (including phenoxy) is 1. The first kappa shape index (κ1) is 23.5. The van der Waals surface area contributed by atoms with Gasteiger partial charge in [-0.25, -0.2) is 4.39 Å². The van der Waals surface area contributed by atoms with Crippen LogP contribution in [0.15, 0.2) is 12.1 Å². The van der Waals surface area contributed by atoms with Crippen molar-refractivity contribution >= 4 is 0 Å². The van der Waals surface area contributed by atoms with Crippen LogP contribution in [-0.2, 0) is 0 Å². The summed E-state index contributed by atoms with van der Waals surface area (Å²) < 4.78 is 33.5. The molecular weight excluding hydrogens is 378 g/mol. The fourth-order valence-electron chi connectivity index (χ4n) is 6.08. The highest BCUT2D eigenvalue weighted by molar-refractivity contribution is 5.33. The molecule has 3 rings (SSSR count). The van der Waals surface area contributed by atoms with E-state index in [-0.39, 0.29) is 11.7 Å². The van der Waals surface area contributed by atoms with E-state index in [2.05, 4.69) is 6.92 Å². The largest absolute Gasteiger partial charge is 0.494 e. The topological polar surface area (TPSA) is 9.23 Å². The molecule has 1 aromatic rings. The number of rotatable bonds is 10. The summed E-state index contributed by atoms with van der Waals surface area (Å²) in [5, 5.41) is 0. The SMILES string of the molecule is CCCCCCCCC1CCC(C2CCC(c3ccc(OC)c(F)c3F)CC2)CC1. The van der Waals surface area contributed by atoms with Crippen molar-refractivity contribution in [1.82, 2.24) is 0 Å². The minimum atomic E-state index is -0.833.